The lowest BCUT2D eigenvalue weighted by atomic mass is 10.4. The summed E-state index contributed by atoms with van der Waals surface area (Å²) in [5.41, 5.74) is 2.70. The van der Waals surface area contributed by atoms with Crippen LogP contribution in [0.15, 0.2) is 11.8 Å². The van der Waals surface area contributed by atoms with Gasteiger partial charge in [0.05, 0.1) is 22.3 Å². The first-order chi connectivity index (χ1) is 5.70. The van der Waals surface area contributed by atoms with Crippen LogP contribution in [0.2, 0.25) is 0 Å². The number of aryl methyl sites for hydroxylation is 1. The number of rotatable bonds is 2. The molecule has 0 aliphatic rings. The highest BCUT2D eigenvalue weighted by Crippen LogP contribution is 2.13. The van der Waals surface area contributed by atoms with E-state index in [-0.39, 0.29) is 5.97 Å². The van der Waals surface area contributed by atoms with Crippen molar-refractivity contribution in [2.24, 2.45) is 0 Å². The van der Waals surface area contributed by atoms with Crippen LogP contribution in [-0.2, 0) is 9.53 Å². The molecule has 0 saturated carbocycles. The summed E-state index contributed by atoms with van der Waals surface area (Å²) in [6.07, 6.45) is 3.11. The van der Waals surface area contributed by atoms with Crippen molar-refractivity contribution in [3.63, 3.8) is 0 Å². The molecule has 0 atom stereocenters. The SMILES string of the molecule is CC(=O)O/C=C/c1scnc1C. The van der Waals surface area contributed by atoms with Crippen molar-refractivity contribution in [2.75, 3.05) is 0 Å². The molecule has 1 rings (SSSR count). The number of nitrogens with zero attached hydrogens (tertiary/aromatic N) is 1. The number of aromatic nitrogens is 1. The van der Waals surface area contributed by atoms with Crippen molar-refractivity contribution >= 4 is 23.4 Å². The minimum atomic E-state index is -0.312. The lowest BCUT2D eigenvalue weighted by molar-refractivity contribution is -0.135. The molecule has 0 saturated heterocycles. The lowest BCUT2D eigenvalue weighted by Gasteiger charge is -1.89. The first kappa shape index (κ1) is 8.93. The Labute approximate surface area is 74.7 Å². The van der Waals surface area contributed by atoms with Crippen LogP contribution in [0.1, 0.15) is 17.5 Å². The van der Waals surface area contributed by atoms with Crippen molar-refractivity contribution in [1.82, 2.24) is 4.98 Å². The van der Waals surface area contributed by atoms with Crippen LogP contribution in [-0.4, -0.2) is 11.0 Å². The quantitative estimate of drug-likeness (QED) is 0.520. The summed E-state index contributed by atoms with van der Waals surface area (Å²) in [6, 6.07) is 0. The number of carbonyl (C=O) groups is 1. The molecule has 4 heteroatoms. The molecular formula is C8H9NO2S. The summed E-state index contributed by atoms with van der Waals surface area (Å²) >= 11 is 1.51. The Bertz CT molecular complexity index is 304. The van der Waals surface area contributed by atoms with E-state index in [0.717, 1.165) is 10.6 Å². The summed E-state index contributed by atoms with van der Waals surface area (Å²) in [4.78, 5) is 15.4. The standard InChI is InChI=1S/C8H9NO2S/c1-6-8(12-5-9-6)3-4-11-7(2)10/h3-5H,1-2H3/b4-3+. The maximum Gasteiger partial charge on any atom is 0.307 e. The minimum absolute atomic E-state index is 0.312. The van der Waals surface area contributed by atoms with Crippen LogP contribution in [0.4, 0.5) is 0 Å². The van der Waals surface area contributed by atoms with Crippen molar-refractivity contribution < 1.29 is 9.53 Å². The van der Waals surface area contributed by atoms with Crippen LogP contribution in [0.5, 0.6) is 0 Å². The monoisotopic (exact) mass is 183 g/mol. The topological polar surface area (TPSA) is 39.2 Å². The Morgan fingerprint density at radius 2 is 2.50 bits per heavy atom. The van der Waals surface area contributed by atoms with Gasteiger partial charge in [-0.2, -0.15) is 0 Å². The Hall–Kier alpha value is -1.16. The van der Waals surface area contributed by atoms with Crippen molar-refractivity contribution in [3.05, 3.63) is 22.3 Å². The van der Waals surface area contributed by atoms with Gasteiger partial charge in [0.1, 0.15) is 0 Å². The molecule has 0 fully saturated rings. The minimum Gasteiger partial charge on any atom is -0.435 e. The number of hydrogen-bond donors (Lipinski definition) is 0. The number of hydrogen-bond acceptors (Lipinski definition) is 4. The molecule has 0 radical (unpaired) electrons. The van der Waals surface area contributed by atoms with Gasteiger partial charge in [-0.15, -0.1) is 11.3 Å². The van der Waals surface area contributed by atoms with E-state index >= 15 is 0 Å². The first-order valence-corrected chi connectivity index (χ1v) is 4.32. The van der Waals surface area contributed by atoms with E-state index in [4.69, 9.17) is 0 Å². The van der Waals surface area contributed by atoms with E-state index in [1.165, 1.54) is 24.5 Å². The predicted octanol–water partition coefficient (Wildman–Crippen LogP) is 1.99. The van der Waals surface area contributed by atoms with Crippen molar-refractivity contribution in [3.8, 4) is 0 Å². The van der Waals surface area contributed by atoms with Gasteiger partial charge in [0.2, 0.25) is 0 Å². The van der Waals surface area contributed by atoms with Gasteiger partial charge in [-0.05, 0) is 13.0 Å². The molecule has 0 aliphatic carbocycles. The third kappa shape index (κ3) is 2.47. The molecule has 3 nitrogen and oxygen atoms in total. The molecular weight excluding hydrogens is 174 g/mol. The Kier molecular flexibility index (Phi) is 2.99. The Morgan fingerprint density at radius 3 is 3.00 bits per heavy atom. The van der Waals surface area contributed by atoms with Crippen molar-refractivity contribution in [2.45, 2.75) is 13.8 Å². The summed E-state index contributed by atoms with van der Waals surface area (Å²) < 4.78 is 4.63. The summed E-state index contributed by atoms with van der Waals surface area (Å²) in [6.45, 7) is 3.27. The molecule has 0 unspecified atom stereocenters. The molecule has 0 aliphatic heterocycles. The van der Waals surface area contributed by atoms with E-state index in [0.29, 0.717) is 0 Å². The van der Waals surface area contributed by atoms with Gasteiger partial charge in [-0.1, -0.05) is 0 Å². The fraction of sp³-hybridized carbons (Fsp3) is 0.250. The summed E-state index contributed by atoms with van der Waals surface area (Å²) in [5.74, 6) is -0.312. The van der Waals surface area contributed by atoms with Crippen LogP contribution >= 0.6 is 11.3 Å². The normalized spacial score (nSPS) is 10.5. The van der Waals surface area contributed by atoms with Gasteiger partial charge < -0.3 is 4.74 Å². The number of thiazole rings is 1. The van der Waals surface area contributed by atoms with E-state index in [2.05, 4.69) is 9.72 Å². The highest BCUT2D eigenvalue weighted by Gasteiger charge is 1.95. The lowest BCUT2D eigenvalue weighted by Crippen LogP contribution is -1.88. The van der Waals surface area contributed by atoms with E-state index < -0.39 is 0 Å². The summed E-state index contributed by atoms with van der Waals surface area (Å²) in [5, 5.41) is 0. The third-order valence-electron chi connectivity index (χ3n) is 1.24. The fourth-order valence-electron chi connectivity index (χ4n) is 0.663. The number of esters is 1. The highest BCUT2D eigenvalue weighted by atomic mass is 32.1. The zero-order valence-corrected chi connectivity index (χ0v) is 7.72. The molecule has 12 heavy (non-hydrogen) atoms. The Balaban J connectivity index is 2.57. The second-order valence-corrected chi connectivity index (χ2v) is 3.10. The van der Waals surface area contributed by atoms with Crippen LogP contribution < -0.4 is 0 Å². The molecule has 0 spiro atoms. The zero-order chi connectivity index (χ0) is 8.97. The average molecular weight is 183 g/mol. The predicted molar refractivity (Wildman–Crippen MR) is 47.7 cm³/mol. The molecule has 0 aromatic carbocycles. The molecule has 0 bridgehead atoms. The molecule has 1 aromatic heterocycles. The zero-order valence-electron chi connectivity index (χ0n) is 6.90. The van der Waals surface area contributed by atoms with E-state index in [1.54, 1.807) is 11.6 Å². The third-order valence-corrected chi connectivity index (χ3v) is 2.13. The van der Waals surface area contributed by atoms with Gasteiger partial charge in [0, 0.05) is 6.92 Å². The van der Waals surface area contributed by atoms with Gasteiger partial charge in [-0.25, -0.2) is 4.98 Å². The highest BCUT2D eigenvalue weighted by molar-refractivity contribution is 7.10. The van der Waals surface area contributed by atoms with Crippen LogP contribution in [0, 0.1) is 6.92 Å². The second-order valence-electron chi connectivity index (χ2n) is 2.21. The van der Waals surface area contributed by atoms with Gasteiger partial charge in [0.25, 0.3) is 0 Å². The van der Waals surface area contributed by atoms with E-state index in [9.17, 15) is 4.79 Å². The average Bonchev–Trinajstić information content (AvgIpc) is 2.36. The largest absolute Gasteiger partial charge is 0.435 e. The van der Waals surface area contributed by atoms with Gasteiger partial charge in [0.15, 0.2) is 0 Å². The number of carbonyl (C=O) groups excluding carboxylic acids is 1. The molecule has 0 N–H and O–H groups in total. The molecule has 1 aromatic rings. The smallest absolute Gasteiger partial charge is 0.307 e. The van der Waals surface area contributed by atoms with Gasteiger partial charge >= 0.3 is 5.97 Å². The molecule has 64 valence electrons. The second kappa shape index (κ2) is 4.01. The molecule has 1 heterocycles. The van der Waals surface area contributed by atoms with Gasteiger partial charge in [-0.3, -0.25) is 4.79 Å². The number of ether oxygens (including phenoxy) is 1. The molecule has 0 amide bonds. The fourth-order valence-corrected chi connectivity index (χ4v) is 1.34. The van der Waals surface area contributed by atoms with Crippen molar-refractivity contribution in [1.29, 1.82) is 0 Å². The maximum atomic E-state index is 10.4. The summed E-state index contributed by atoms with van der Waals surface area (Å²) in [7, 11) is 0. The van der Waals surface area contributed by atoms with Crippen LogP contribution in [0.25, 0.3) is 6.08 Å². The maximum absolute atomic E-state index is 10.4. The van der Waals surface area contributed by atoms with E-state index in [1.807, 2.05) is 6.92 Å². The first-order valence-electron chi connectivity index (χ1n) is 3.44. The Morgan fingerprint density at radius 1 is 1.75 bits per heavy atom. The van der Waals surface area contributed by atoms with Crippen LogP contribution in [0.3, 0.4) is 0 Å².